The second-order valence-corrected chi connectivity index (χ2v) is 4.00. The second kappa shape index (κ2) is 7.41. The molecular weight excluding hydrogens is 202 g/mol. The van der Waals surface area contributed by atoms with E-state index in [4.69, 9.17) is 4.74 Å². The molecule has 1 rings (SSSR count). The smallest absolute Gasteiger partial charge is 0.0817 e. The third-order valence-corrected chi connectivity index (χ3v) is 2.36. The van der Waals surface area contributed by atoms with Gasteiger partial charge in [-0.3, -0.25) is 4.68 Å². The van der Waals surface area contributed by atoms with Crippen molar-refractivity contribution in [3.63, 3.8) is 0 Å². The summed E-state index contributed by atoms with van der Waals surface area (Å²) in [6.45, 7) is 6.79. The zero-order valence-electron chi connectivity index (χ0n) is 10.6. The standard InChI is InChI=1S/C12H23N3O/c1-4-7-13-12(10-16-9-5-2)11-6-8-15(3)14-11/h6,8,12-13H,4-5,7,9-10H2,1-3H3. The van der Waals surface area contributed by atoms with Gasteiger partial charge in [-0.15, -0.1) is 0 Å². The normalized spacial score (nSPS) is 12.9. The Hall–Kier alpha value is -0.870. The maximum absolute atomic E-state index is 5.59. The number of aromatic nitrogens is 2. The van der Waals surface area contributed by atoms with Gasteiger partial charge in [0, 0.05) is 19.9 Å². The van der Waals surface area contributed by atoms with Gasteiger partial charge >= 0.3 is 0 Å². The van der Waals surface area contributed by atoms with Gasteiger partial charge in [-0.25, -0.2) is 0 Å². The Balaban J connectivity index is 2.49. The summed E-state index contributed by atoms with van der Waals surface area (Å²) in [6, 6.07) is 2.26. The Morgan fingerprint density at radius 2 is 2.25 bits per heavy atom. The highest BCUT2D eigenvalue weighted by molar-refractivity contribution is 5.05. The van der Waals surface area contributed by atoms with Crippen LogP contribution in [0.15, 0.2) is 12.3 Å². The topological polar surface area (TPSA) is 39.1 Å². The molecule has 0 saturated heterocycles. The molecule has 1 atom stereocenters. The van der Waals surface area contributed by atoms with E-state index in [0.29, 0.717) is 6.61 Å². The first-order valence-electron chi connectivity index (χ1n) is 6.08. The van der Waals surface area contributed by atoms with Gasteiger partial charge in [0.15, 0.2) is 0 Å². The van der Waals surface area contributed by atoms with Gasteiger partial charge in [0.1, 0.15) is 0 Å². The minimum atomic E-state index is 0.215. The fourth-order valence-electron chi connectivity index (χ4n) is 1.53. The molecule has 4 nitrogen and oxygen atoms in total. The molecule has 0 spiro atoms. The van der Waals surface area contributed by atoms with Crippen LogP contribution in [0.1, 0.15) is 38.4 Å². The number of nitrogens with one attached hydrogen (secondary N) is 1. The third kappa shape index (κ3) is 4.33. The van der Waals surface area contributed by atoms with E-state index in [1.54, 1.807) is 0 Å². The van der Waals surface area contributed by atoms with Crippen molar-refractivity contribution in [2.24, 2.45) is 7.05 Å². The van der Waals surface area contributed by atoms with E-state index < -0.39 is 0 Å². The molecule has 0 aliphatic rings. The highest BCUT2D eigenvalue weighted by Crippen LogP contribution is 2.10. The molecular formula is C12H23N3O. The zero-order chi connectivity index (χ0) is 11.8. The van der Waals surface area contributed by atoms with Gasteiger partial charge in [0.05, 0.1) is 18.3 Å². The first-order chi connectivity index (χ1) is 7.77. The summed E-state index contributed by atoms with van der Waals surface area (Å²) in [6.07, 6.45) is 4.15. The van der Waals surface area contributed by atoms with Crippen molar-refractivity contribution in [3.8, 4) is 0 Å². The van der Waals surface area contributed by atoms with Crippen LogP contribution in [0.4, 0.5) is 0 Å². The first-order valence-corrected chi connectivity index (χ1v) is 6.08. The maximum atomic E-state index is 5.59. The lowest BCUT2D eigenvalue weighted by Gasteiger charge is -2.16. The number of ether oxygens (including phenoxy) is 1. The van der Waals surface area contributed by atoms with Crippen LogP contribution in [-0.2, 0) is 11.8 Å². The lowest BCUT2D eigenvalue weighted by atomic mass is 10.2. The minimum absolute atomic E-state index is 0.215. The van der Waals surface area contributed by atoms with E-state index in [9.17, 15) is 0 Å². The van der Waals surface area contributed by atoms with Crippen molar-refractivity contribution in [2.45, 2.75) is 32.7 Å². The SMILES string of the molecule is CCCNC(COCCC)c1ccn(C)n1. The molecule has 1 N–H and O–H groups in total. The van der Waals surface area contributed by atoms with Crippen LogP contribution in [-0.4, -0.2) is 29.5 Å². The molecule has 0 amide bonds. The molecule has 4 heteroatoms. The van der Waals surface area contributed by atoms with Gasteiger partial charge < -0.3 is 10.1 Å². The van der Waals surface area contributed by atoms with Crippen molar-refractivity contribution in [1.29, 1.82) is 0 Å². The Labute approximate surface area is 98.0 Å². The zero-order valence-corrected chi connectivity index (χ0v) is 10.6. The summed E-state index contributed by atoms with van der Waals surface area (Å²) in [5.41, 5.74) is 1.06. The highest BCUT2D eigenvalue weighted by Gasteiger charge is 2.13. The van der Waals surface area contributed by atoms with Gasteiger partial charge in [-0.2, -0.15) is 5.10 Å². The molecule has 92 valence electrons. The second-order valence-electron chi connectivity index (χ2n) is 4.00. The quantitative estimate of drug-likeness (QED) is 0.687. The molecule has 0 aromatic carbocycles. The summed E-state index contributed by atoms with van der Waals surface area (Å²) in [5, 5.41) is 7.87. The predicted molar refractivity (Wildman–Crippen MR) is 65.4 cm³/mol. The lowest BCUT2D eigenvalue weighted by Crippen LogP contribution is -2.27. The Bertz CT molecular complexity index is 286. The lowest BCUT2D eigenvalue weighted by molar-refractivity contribution is 0.110. The molecule has 0 aliphatic heterocycles. The molecule has 1 unspecified atom stereocenters. The summed E-state index contributed by atoms with van der Waals surface area (Å²) in [5.74, 6) is 0. The largest absolute Gasteiger partial charge is 0.379 e. The summed E-state index contributed by atoms with van der Waals surface area (Å²) in [7, 11) is 1.94. The van der Waals surface area contributed by atoms with Crippen molar-refractivity contribution >= 4 is 0 Å². The fourth-order valence-corrected chi connectivity index (χ4v) is 1.53. The number of hydrogen-bond donors (Lipinski definition) is 1. The molecule has 0 bridgehead atoms. The summed E-state index contributed by atoms with van der Waals surface area (Å²) in [4.78, 5) is 0. The first kappa shape index (κ1) is 13.2. The van der Waals surface area contributed by atoms with Crippen molar-refractivity contribution in [3.05, 3.63) is 18.0 Å². The molecule has 1 heterocycles. The van der Waals surface area contributed by atoms with Crippen LogP contribution in [0.3, 0.4) is 0 Å². The molecule has 1 aromatic heterocycles. The fraction of sp³-hybridized carbons (Fsp3) is 0.750. The van der Waals surface area contributed by atoms with Crippen LogP contribution in [0.5, 0.6) is 0 Å². The van der Waals surface area contributed by atoms with Crippen LogP contribution in [0, 0.1) is 0 Å². The average Bonchev–Trinajstić information content (AvgIpc) is 2.70. The van der Waals surface area contributed by atoms with E-state index in [0.717, 1.165) is 31.7 Å². The number of aryl methyl sites for hydroxylation is 1. The highest BCUT2D eigenvalue weighted by atomic mass is 16.5. The van der Waals surface area contributed by atoms with E-state index in [1.165, 1.54) is 0 Å². The van der Waals surface area contributed by atoms with Gasteiger partial charge in [0.2, 0.25) is 0 Å². The monoisotopic (exact) mass is 225 g/mol. The number of rotatable bonds is 8. The van der Waals surface area contributed by atoms with Crippen LogP contribution < -0.4 is 5.32 Å². The van der Waals surface area contributed by atoms with E-state index in [1.807, 2.05) is 24.0 Å². The van der Waals surface area contributed by atoms with E-state index in [-0.39, 0.29) is 6.04 Å². The molecule has 0 saturated carbocycles. The Morgan fingerprint density at radius 3 is 2.81 bits per heavy atom. The third-order valence-electron chi connectivity index (χ3n) is 2.36. The van der Waals surface area contributed by atoms with Gasteiger partial charge in [0.25, 0.3) is 0 Å². The van der Waals surface area contributed by atoms with Crippen LogP contribution >= 0.6 is 0 Å². The number of hydrogen-bond acceptors (Lipinski definition) is 3. The van der Waals surface area contributed by atoms with E-state index >= 15 is 0 Å². The van der Waals surface area contributed by atoms with Crippen molar-refractivity contribution < 1.29 is 4.74 Å². The molecule has 0 aliphatic carbocycles. The Kier molecular flexibility index (Phi) is 6.11. The van der Waals surface area contributed by atoms with Crippen molar-refractivity contribution in [1.82, 2.24) is 15.1 Å². The van der Waals surface area contributed by atoms with E-state index in [2.05, 4.69) is 24.3 Å². The van der Waals surface area contributed by atoms with Crippen LogP contribution in [0.2, 0.25) is 0 Å². The average molecular weight is 225 g/mol. The van der Waals surface area contributed by atoms with Crippen LogP contribution in [0.25, 0.3) is 0 Å². The predicted octanol–water partition coefficient (Wildman–Crippen LogP) is 1.89. The molecule has 16 heavy (non-hydrogen) atoms. The van der Waals surface area contributed by atoms with Gasteiger partial charge in [-0.05, 0) is 25.5 Å². The minimum Gasteiger partial charge on any atom is -0.379 e. The Morgan fingerprint density at radius 1 is 1.44 bits per heavy atom. The number of nitrogens with zero attached hydrogens (tertiary/aromatic N) is 2. The molecule has 0 radical (unpaired) electrons. The maximum Gasteiger partial charge on any atom is 0.0817 e. The summed E-state index contributed by atoms with van der Waals surface area (Å²) < 4.78 is 7.42. The van der Waals surface area contributed by atoms with Crippen molar-refractivity contribution in [2.75, 3.05) is 19.8 Å². The summed E-state index contributed by atoms with van der Waals surface area (Å²) >= 11 is 0. The molecule has 1 aromatic rings. The van der Waals surface area contributed by atoms with Gasteiger partial charge in [-0.1, -0.05) is 13.8 Å². The molecule has 0 fully saturated rings.